The number of aryl methyl sites for hydroxylation is 1. The average Bonchev–Trinajstić information content (AvgIpc) is 3.30. The van der Waals surface area contributed by atoms with E-state index in [0.29, 0.717) is 16.8 Å². The molecule has 0 saturated heterocycles. The van der Waals surface area contributed by atoms with Crippen LogP contribution in [0.15, 0.2) is 36.4 Å². The highest BCUT2D eigenvalue weighted by Crippen LogP contribution is 2.32. The molecule has 0 aromatic heterocycles. The first-order valence-corrected chi connectivity index (χ1v) is 7.72. The third-order valence-electron chi connectivity index (χ3n) is 3.89. The van der Waals surface area contributed by atoms with E-state index in [4.69, 9.17) is 16.3 Å². The van der Waals surface area contributed by atoms with E-state index >= 15 is 0 Å². The summed E-state index contributed by atoms with van der Waals surface area (Å²) in [6.45, 7) is 3.02. The number of benzene rings is 2. The lowest BCUT2D eigenvalue weighted by Gasteiger charge is -2.13. The molecule has 3 heteroatoms. The normalized spacial score (nSPS) is 14.2. The minimum Gasteiger partial charge on any atom is -0.495 e. The van der Waals surface area contributed by atoms with Gasteiger partial charge < -0.3 is 10.1 Å². The van der Waals surface area contributed by atoms with Crippen LogP contribution in [0.3, 0.4) is 0 Å². The lowest BCUT2D eigenvalue weighted by Crippen LogP contribution is -2.15. The summed E-state index contributed by atoms with van der Waals surface area (Å²) in [6.07, 6.45) is 2.60. The lowest BCUT2D eigenvalue weighted by atomic mass is 9.97. The van der Waals surface area contributed by atoms with Crippen LogP contribution in [-0.4, -0.2) is 13.2 Å². The zero-order valence-electron chi connectivity index (χ0n) is 12.4. The van der Waals surface area contributed by atoms with Gasteiger partial charge in [0.25, 0.3) is 0 Å². The van der Waals surface area contributed by atoms with Crippen molar-refractivity contribution in [3.8, 4) is 16.9 Å². The van der Waals surface area contributed by atoms with Crippen molar-refractivity contribution in [3.05, 3.63) is 52.5 Å². The molecule has 0 heterocycles. The molecule has 1 saturated carbocycles. The molecule has 0 aliphatic heterocycles. The van der Waals surface area contributed by atoms with E-state index in [1.54, 1.807) is 7.11 Å². The van der Waals surface area contributed by atoms with E-state index in [9.17, 15) is 0 Å². The second-order valence-electron chi connectivity index (χ2n) is 5.67. The molecule has 0 atom stereocenters. The maximum atomic E-state index is 6.27. The van der Waals surface area contributed by atoms with Gasteiger partial charge in [-0.05, 0) is 48.6 Å². The molecule has 0 unspecified atom stereocenters. The van der Waals surface area contributed by atoms with Gasteiger partial charge in [-0.1, -0.05) is 41.4 Å². The summed E-state index contributed by atoms with van der Waals surface area (Å²) in [5.41, 5.74) is 4.95. The molecule has 110 valence electrons. The highest BCUT2D eigenvalue weighted by atomic mass is 35.5. The predicted octanol–water partition coefficient (Wildman–Crippen LogP) is 4.58. The number of halogens is 1. The van der Waals surface area contributed by atoms with Gasteiger partial charge >= 0.3 is 0 Å². The first kappa shape index (κ1) is 14.4. The number of nitrogens with one attached hydrogen (secondary N) is 1. The van der Waals surface area contributed by atoms with Crippen LogP contribution >= 0.6 is 11.6 Å². The van der Waals surface area contributed by atoms with Crippen LogP contribution in [-0.2, 0) is 6.54 Å². The summed E-state index contributed by atoms with van der Waals surface area (Å²) in [4.78, 5) is 0. The minimum absolute atomic E-state index is 0.651. The predicted molar refractivity (Wildman–Crippen MR) is 88.0 cm³/mol. The van der Waals surface area contributed by atoms with Gasteiger partial charge in [0.2, 0.25) is 0 Å². The van der Waals surface area contributed by atoms with Crippen LogP contribution in [0.4, 0.5) is 0 Å². The second-order valence-corrected chi connectivity index (χ2v) is 6.07. The van der Waals surface area contributed by atoms with E-state index in [2.05, 4.69) is 36.5 Å². The van der Waals surface area contributed by atoms with E-state index < -0.39 is 0 Å². The quantitative estimate of drug-likeness (QED) is 0.873. The Morgan fingerprint density at radius 1 is 1.19 bits per heavy atom. The number of ether oxygens (including phenoxy) is 1. The summed E-state index contributed by atoms with van der Waals surface area (Å²) >= 11 is 6.27. The van der Waals surface area contributed by atoms with E-state index in [0.717, 1.165) is 12.1 Å². The molecule has 1 fully saturated rings. The van der Waals surface area contributed by atoms with Crippen molar-refractivity contribution < 1.29 is 4.74 Å². The van der Waals surface area contributed by atoms with E-state index in [1.165, 1.54) is 29.5 Å². The van der Waals surface area contributed by atoms with Gasteiger partial charge in [0.1, 0.15) is 5.75 Å². The molecular weight excluding hydrogens is 282 g/mol. The summed E-state index contributed by atoms with van der Waals surface area (Å²) in [6, 6.07) is 13.3. The molecule has 1 N–H and O–H groups in total. The van der Waals surface area contributed by atoms with Crippen LogP contribution in [0.25, 0.3) is 11.1 Å². The summed E-state index contributed by atoms with van der Waals surface area (Å²) in [5, 5.41) is 4.23. The molecule has 1 aliphatic rings. The highest BCUT2D eigenvalue weighted by Gasteiger charge is 2.20. The van der Waals surface area contributed by atoms with Crippen molar-refractivity contribution in [1.82, 2.24) is 5.32 Å². The Bertz CT molecular complexity index is 650. The zero-order chi connectivity index (χ0) is 14.8. The van der Waals surface area contributed by atoms with Gasteiger partial charge in [-0.25, -0.2) is 0 Å². The van der Waals surface area contributed by atoms with Gasteiger partial charge in [0, 0.05) is 12.6 Å². The summed E-state index contributed by atoms with van der Waals surface area (Å²) in [5.74, 6) is 0.714. The minimum atomic E-state index is 0.651. The Morgan fingerprint density at radius 2 is 2.00 bits per heavy atom. The zero-order valence-corrected chi connectivity index (χ0v) is 13.2. The molecule has 0 spiro atoms. The topological polar surface area (TPSA) is 21.3 Å². The Hall–Kier alpha value is -1.51. The third kappa shape index (κ3) is 3.39. The first-order valence-electron chi connectivity index (χ1n) is 7.34. The highest BCUT2D eigenvalue weighted by molar-refractivity contribution is 6.32. The molecule has 0 bridgehead atoms. The van der Waals surface area contributed by atoms with Crippen molar-refractivity contribution in [3.63, 3.8) is 0 Å². The monoisotopic (exact) mass is 301 g/mol. The number of rotatable bonds is 5. The summed E-state index contributed by atoms with van der Waals surface area (Å²) < 4.78 is 5.23. The fourth-order valence-electron chi connectivity index (χ4n) is 2.49. The fourth-order valence-corrected chi connectivity index (χ4v) is 2.75. The van der Waals surface area contributed by atoms with Crippen LogP contribution in [0, 0.1) is 6.92 Å². The average molecular weight is 302 g/mol. The van der Waals surface area contributed by atoms with Crippen molar-refractivity contribution in [1.29, 1.82) is 0 Å². The third-order valence-corrected chi connectivity index (χ3v) is 4.18. The van der Waals surface area contributed by atoms with Gasteiger partial charge in [0.05, 0.1) is 12.1 Å². The molecule has 21 heavy (non-hydrogen) atoms. The molecule has 2 aromatic rings. The van der Waals surface area contributed by atoms with Crippen LogP contribution in [0.2, 0.25) is 5.02 Å². The Kier molecular flexibility index (Phi) is 4.18. The standard InChI is InChI=1S/C18H20ClNO/c1-12-3-4-14(11-20-15-6-7-15)16(9-12)13-5-8-18(21-2)17(19)10-13/h3-5,8-10,15,20H,6-7,11H2,1-2H3. The maximum absolute atomic E-state index is 6.27. The van der Waals surface area contributed by atoms with Crippen molar-refractivity contribution in [2.75, 3.05) is 7.11 Å². The number of hydrogen-bond acceptors (Lipinski definition) is 2. The number of hydrogen-bond donors (Lipinski definition) is 1. The molecule has 3 rings (SSSR count). The molecule has 0 amide bonds. The molecule has 0 radical (unpaired) electrons. The van der Waals surface area contributed by atoms with Crippen molar-refractivity contribution in [2.24, 2.45) is 0 Å². The van der Waals surface area contributed by atoms with Crippen LogP contribution in [0.5, 0.6) is 5.75 Å². The Balaban J connectivity index is 1.94. The Morgan fingerprint density at radius 3 is 2.67 bits per heavy atom. The SMILES string of the molecule is COc1ccc(-c2cc(C)ccc2CNC2CC2)cc1Cl. The summed E-state index contributed by atoms with van der Waals surface area (Å²) in [7, 11) is 1.64. The van der Waals surface area contributed by atoms with E-state index in [-0.39, 0.29) is 0 Å². The second kappa shape index (κ2) is 6.08. The largest absolute Gasteiger partial charge is 0.495 e. The number of methoxy groups -OCH3 is 1. The van der Waals surface area contributed by atoms with Crippen LogP contribution < -0.4 is 10.1 Å². The first-order chi connectivity index (χ1) is 10.2. The molecular formula is C18H20ClNO. The van der Waals surface area contributed by atoms with Gasteiger partial charge in [-0.15, -0.1) is 0 Å². The molecule has 2 nitrogen and oxygen atoms in total. The smallest absolute Gasteiger partial charge is 0.137 e. The van der Waals surface area contributed by atoms with Crippen LogP contribution in [0.1, 0.15) is 24.0 Å². The lowest BCUT2D eigenvalue weighted by molar-refractivity contribution is 0.415. The van der Waals surface area contributed by atoms with E-state index in [1.807, 2.05) is 12.1 Å². The molecule has 1 aliphatic carbocycles. The van der Waals surface area contributed by atoms with Crippen molar-refractivity contribution in [2.45, 2.75) is 32.4 Å². The van der Waals surface area contributed by atoms with Crippen molar-refractivity contribution >= 4 is 11.6 Å². The Labute approximate surface area is 131 Å². The van der Waals surface area contributed by atoms with Gasteiger partial charge in [-0.3, -0.25) is 0 Å². The fraction of sp³-hybridized carbons (Fsp3) is 0.333. The van der Waals surface area contributed by atoms with Gasteiger partial charge in [-0.2, -0.15) is 0 Å². The van der Waals surface area contributed by atoms with Gasteiger partial charge in [0.15, 0.2) is 0 Å². The molecule has 2 aromatic carbocycles. The maximum Gasteiger partial charge on any atom is 0.137 e.